The zero-order valence-corrected chi connectivity index (χ0v) is 13.5. The third-order valence-corrected chi connectivity index (χ3v) is 5.31. The second-order valence-corrected chi connectivity index (χ2v) is 6.74. The maximum absolute atomic E-state index is 6.20. The van der Waals surface area contributed by atoms with Crippen LogP contribution in [0.3, 0.4) is 0 Å². The highest BCUT2D eigenvalue weighted by atomic mass is 35.5. The molecule has 112 valence electrons. The van der Waals surface area contributed by atoms with Gasteiger partial charge in [0.2, 0.25) is 0 Å². The molecule has 1 aliphatic carbocycles. The van der Waals surface area contributed by atoms with E-state index in [-0.39, 0.29) is 0 Å². The number of nitrogens with one attached hydrogen (secondary N) is 1. The lowest BCUT2D eigenvalue weighted by Crippen LogP contribution is -2.29. The molecule has 1 N–H and O–H groups in total. The van der Waals surface area contributed by atoms with Gasteiger partial charge in [-0.05, 0) is 53.6 Å². The van der Waals surface area contributed by atoms with Gasteiger partial charge in [0.15, 0.2) is 0 Å². The Kier molecular flexibility index (Phi) is 3.46. The highest BCUT2D eigenvalue weighted by Gasteiger charge is 2.37. The molecule has 1 heterocycles. The molecule has 2 heteroatoms. The topological polar surface area (TPSA) is 12.0 Å². The van der Waals surface area contributed by atoms with Crippen molar-refractivity contribution < 1.29 is 0 Å². The number of rotatable bonds is 2. The van der Waals surface area contributed by atoms with Crippen LogP contribution in [0.1, 0.15) is 42.0 Å². The van der Waals surface area contributed by atoms with Gasteiger partial charge in [0.25, 0.3) is 0 Å². The number of benzene rings is 2. The van der Waals surface area contributed by atoms with Crippen molar-refractivity contribution >= 4 is 17.3 Å². The summed E-state index contributed by atoms with van der Waals surface area (Å²) in [6, 6.07) is 15.7. The number of fused-ring (bicyclic) bond motifs is 3. The minimum Gasteiger partial charge on any atom is -0.378 e. The third-order valence-electron chi connectivity index (χ3n) is 5.07. The van der Waals surface area contributed by atoms with Gasteiger partial charge in [-0.1, -0.05) is 54.9 Å². The molecule has 1 aliphatic heterocycles. The maximum atomic E-state index is 6.20. The van der Waals surface area contributed by atoms with Crippen LogP contribution in [-0.2, 0) is 6.42 Å². The Balaban J connectivity index is 1.74. The Morgan fingerprint density at radius 2 is 1.95 bits per heavy atom. The Hall–Kier alpha value is -1.73. The summed E-state index contributed by atoms with van der Waals surface area (Å²) in [4.78, 5) is 0. The summed E-state index contributed by atoms with van der Waals surface area (Å²) in [6.45, 7) is 2.20. The van der Waals surface area contributed by atoms with Gasteiger partial charge >= 0.3 is 0 Å². The van der Waals surface area contributed by atoms with Crippen LogP contribution in [0.2, 0.25) is 5.02 Å². The molecule has 0 radical (unpaired) electrons. The van der Waals surface area contributed by atoms with E-state index in [1.807, 2.05) is 6.07 Å². The second-order valence-electron chi connectivity index (χ2n) is 6.30. The average molecular weight is 310 g/mol. The minimum absolute atomic E-state index is 0.375. The first kappa shape index (κ1) is 13.9. The zero-order valence-electron chi connectivity index (χ0n) is 12.7. The summed E-state index contributed by atoms with van der Waals surface area (Å²) in [5.74, 6) is 1.06. The normalized spacial score (nSPS) is 25.5. The van der Waals surface area contributed by atoms with Crippen LogP contribution in [0.4, 0.5) is 5.69 Å². The second kappa shape index (κ2) is 5.48. The zero-order chi connectivity index (χ0) is 15.1. The molecule has 0 saturated heterocycles. The molecule has 1 nitrogen and oxygen atoms in total. The summed E-state index contributed by atoms with van der Waals surface area (Å²) < 4.78 is 0. The number of hydrogen-bond donors (Lipinski definition) is 1. The van der Waals surface area contributed by atoms with E-state index in [2.05, 4.69) is 60.8 Å². The lowest BCUT2D eigenvalue weighted by molar-refractivity contribution is 0.425. The predicted molar refractivity (Wildman–Crippen MR) is 93.6 cm³/mol. The number of aryl methyl sites for hydroxylation is 1. The van der Waals surface area contributed by atoms with Crippen LogP contribution in [0.5, 0.6) is 0 Å². The van der Waals surface area contributed by atoms with Gasteiger partial charge in [-0.15, -0.1) is 0 Å². The van der Waals surface area contributed by atoms with Gasteiger partial charge in [0, 0.05) is 16.6 Å². The van der Waals surface area contributed by atoms with Gasteiger partial charge in [-0.25, -0.2) is 0 Å². The van der Waals surface area contributed by atoms with Crippen molar-refractivity contribution in [2.75, 3.05) is 5.32 Å². The molecule has 0 saturated carbocycles. The van der Waals surface area contributed by atoms with Gasteiger partial charge in [-0.3, -0.25) is 0 Å². The summed E-state index contributed by atoms with van der Waals surface area (Å²) >= 11 is 6.20. The quantitative estimate of drug-likeness (QED) is 0.699. The molecule has 22 heavy (non-hydrogen) atoms. The van der Waals surface area contributed by atoms with E-state index in [1.165, 1.54) is 22.4 Å². The summed E-state index contributed by atoms with van der Waals surface area (Å²) in [5, 5.41) is 4.58. The largest absolute Gasteiger partial charge is 0.378 e. The van der Waals surface area contributed by atoms with E-state index in [4.69, 9.17) is 11.6 Å². The van der Waals surface area contributed by atoms with E-state index < -0.39 is 0 Å². The molecule has 0 unspecified atom stereocenters. The Labute approximate surface area is 137 Å². The average Bonchev–Trinajstić information content (AvgIpc) is 3.04. The van der Waals surface area contributed by atoms with Crippen LogP contribution < -0.4 is 5.32 Å². The molecular formula is C20H20ClN. The van der Waals surface area contributed by atoms with Gasteiger partial charge in [0.1, 0.15) is 0 Å². The van der Waals surface area contributed by atoms with Crippen LogP contribution in [-0.4, -0.2) is 0 Å². The Morgan fingerprint density at radius 3 is 2.73 bits per heavy atom. The first-order valence-electron chi connectivity index (χ1n) is 8.07. The van der Waals surface area contributed by atoms with Crippen molar-refractivity contribution in [3.8, 4) is 0 Å². The highest BCUT2D eigenvalue weighted by Crippen LogP contribution is 2.50. The molecule has 0 bridgehead atoms. The van der Waals surface area contributed by atoms with Crippen molar-refractivity contribution in [1.82, 2.24) is 0 Å². The first-order valence-corrected chi connectivity index (χ1v) is 8.45. The van der Waals surface area contributed by atoms with Crippen molar-refractivity contribution in [2.24, 2.45) is 5.92 Å². The fourth-order valence-corrected chi connectivity index (χ4v) is 4.04. The standard InChI is InChI=1S/C20H20ClN/c1-2-13-6-8-14(9-7-13)20-17-5-3-4-16(17)18-12-15(21)10-11-19(18)22-20/h3-4,6-12,16-17,20,22H,2,5H2,1H3/t16-,17+,20+/m1/s1. The molecule has 0 aromatic heterocycles. The molecule has 0 fully saturated rings. The summed E-state index contributed by atoms with van der Waals surface area (Å²) in [7, 11) is 0. The molecule has 0 spiro atoms. The van der Waals surface area contributed by atoms with E-state index in [0.29, 0.717) is 17.9 Å². The summed E-state index contributed by atoms with van der Waals surface area (Å²) in [6.07, 6.45) is 6.89. The first-order chi connectivity index (χ1) is 10.8. The van der Waals surface area contributed by atoms with Crippen molar-refractivity contribution in [2.45, 2.75) is 31.7 Å². The molecular weight excluding hydrogens is 290 g/mol. The Morgan fingerprint density at radius 1 is 1.14 bits per heavy atom. The molecule has 4 rings (SSSR count). The van der Waals surface area contributed by atoms with Gasteiger partial charge in [0.05, 0.1) is 6.04 Å². The maximum Gasteiger partial charge on any atom is 0.0553 e. The van der Waals surface area contributed by atoms with E-state index in [9.17, 15) is 0 Å². The van der Waals surface area contributed by atoms with Gasteiger partial charge < -0.3 is 5.32 Å². The number of allylic oxidation sites excluding steroid dienone is 2. The summed E-state index contributed by atoms with van der Waals surface area (Å²) in [5.41, 5.74) is 5.35. The molecule has 3 atom stereocenters. The monoisotopic (exact) mass is 309 g/mol. The van der Waals surface area contributed by atoms with Crippen LogP contribution in [0.25, 0.3) is 0 Å². The van der Waals surface area contributed by atoms with E-state index in [0.717, 1.165) is 17.9 Å². The SMILES string of the molecule is CCc1ccc([C@@H]2Nc3ccc(Cl)cc3[C@@H]3C=CC[C@@H]32)cc1. The Bertz CT molecular complexity index is 717. The molecule has 0 amide bonds. The molecule has 2 aromatic carbocycles. The lowest BCUT2D eigenvalue weighted by Gasteiger charge is -2.37. The molecule has 2 aliphatic rings. The molecule has 2 aromatic rings. The predicted octanol–water partition coefficient (Wildman–Crippen LogP) is 5.73. The number of hydrogen-bond acceptors (Lipinski definition) is 1. The van der Waals surface area contributed by atoms with Crippen LogP contribution in [0.15, 0.2) is 54.6 Å². The van der Waals surface area contributed by atoms with Crippen molar-refractivity contribution in [1.29, 1.82) is 0 Å². The van der Waals surface area contributed by atoms with Gasteiger partial charge in [-0.2, -0.15) is 0 Å². The van der Waals surface area contributed by atoms with E-state index in [1.54, 1.807) is 0 Å². The number of halogens is 1. The number of anilines is 1. The smallest absolute Gasteiger partial charge is 0.0553 e. The van der Waals surface area contributed by atoms with Crippen molar-refractivity contribution in [3.05, 3.63) is 76.3 Å². The minimum atomic E-state index is 0.375. The van der Waals surface area contributed by atoms with Crippen LogP contribution in [0, 0.1) is 5.92 Å². The van der Waals surface area contributed by atoms with Crippen molar-refractivity contribution in [3.63, 3.8) is 0 Å². The lowest BCUT2D eigenvalue weighted by atomic mass is 9.77. The van der Waals surface area contributed by atoms with E-state index >= 15 is 0 Å². The fraction of sp³-hybridized carbons (Fsp3) is 0.300. The van der Waals surface area contributed by atoms with Crippen LogP contribution >= 0.6 is 11.6 Å². The fourth-order valence-electron chi connectivity index (χ4n) is 3.86. The highest BCUT2D eigenvalue weighted by molar-refractivity contribution is 6.30. The third kappa shape index (κ3) is 2.24.